The molecular weight excluding hydrogens is 273 g/mol. The average Bonchev–Trinajstić information content (AvgIpc) is 2.31. The summed E-state index contributed by atoms with van der Waals surface area (Å²) < 4.78 is 13.6. The largest absolute Gasteiger partial charge is 0.466 e. The molecule has 0 aromatic carbocycles. The summed E-state index contributed by atoms with van der Waals surface area (Å²) in [6.07, 6.45) is 3.92. The molecule has 0 fully saturated rings. The lowest BCUT2D eigenvalue weighted by atomic mass is 10.2. The van der Waals surface area contributed by atoms with E-state index >= 15 is 0 Å². The van der Waals surface area contributed by atoms with Gasteiger partial charge < -0.3 is 24.3 Å². The highest BCUT2D eigenvalue weighted by molar-refractivity contribution is 7.45. The maximum atomic E-state index is 11.4. The predicted molar refractivity (Wildman–Crippen MR) is 72.2 cm³/mol. The van der Waals surface area contributed by atoms with Crippen LogP contribution in [0.1, 0.15) is 33.6 Å². The van der Waals surface area contributed by atoms with E-state index in [1.54, 1.807) is 0 Å². The molecular formula is C11H24NO6P. The molecule has 0 unspecified atom stereocenters. The number of nitrogens with zero attached hydrogens (tertiary/aromatic N) is 1. The highest BCUT2D eigenvalue weighted by atomic mass is 31.2. The SMILES string of the molecule is CCCC=C(C(=O)OC)N(CC)CC.O=P(O)(O)O. The van der Waals surface area contributed by atoms with Crippen LogP contribution in [0.4, 0.5) is 0 Å². The van der Waals surface area contributed by atoms with Crippen LogP contribution in [0.3, 0.4) is 0 Å². The van der Waals surface area contributed by atoms with Gasteiger partial charge in [-0.05, 0) is 20.3 Å². The van der Waals surface area contributed by atoms with E-state index in [1.807, 2.05) is 24.8 Å². The summed E-state index contributed by atoms with van der Waals surface area (Å²) >= 11 is 0. The minimum absolute atomic E-state index is 0.234. The molecule has 19 heavy (non-hydrogen) atoms. The highest BCUT2D eigenvalue weighted by Crippen LogP contribution is 2.25. The second-order valence-corrected chi connectivity index (χ2v) is 4.58. The first-order chi connectivity index (χ1) is 8.71. The average molecular weight is 297 g/mol. The van der Waals surface area contributed by atoms with Gasteiger partial charge in [-0.15, -0.1) is 0 Å². The summed E-state index contributed by atoms with van der Waals surface area (Å²) in [6.45, 7) is 7.83. The molecule has 0 aliphatic heterocycles. The van der Waals surface area contributed by atoms with Gasteiger partial charge in [0.1, 0.15) is 5.70 Å². The Balaban J connectivity index is 0. The molecule has 0 aromatic heterocycles. The Hall–Kier alpha value is -0.880. The van der Waals surface area contributed by atoms with E-state index in [9.17, 15) is 4.79 Å². The number of hydrogen-bond donors (Lipinski definition) is 3. The fourth-order valence-electron chi connectivity index (χ4n) is 1.29. The van der Waals surface area contributed by atoms with Crippen molar-refractivity contribution in [3.05, 3.63) is 11.8 Å². The molecule has 0 saturated heterocycles. The molecule has 0 atom stereocenters. The first-order valence-electron chi connectivity index (χ1n) is 6.02. The number of carbonyl (C=O) groups excluding carboxylic acids is 1. The van der Waals surface area contributed by atoms with Crippen LogP contribution in [-0.2, 0) is 14.1 Å². The van der Waals surface area contributed by atoms with E-state index in [0.717, 1.165) is 25.9 Å². The van der Waals surface area contributed by atoms with Gasteiger partial charge in [-0.3, -0.25) is 0 Å². The van der Waals surface area contributed by atoms with Crippen LogP contribution in [-0.4, -0.2) is 45.7 Å². The lowest BCUT2D eigenvalue weighted by Gasteiger charge is -2.22. The van der Waals surface area contributed by atoms with Crippen LogP contribution in [0.5, 0.6) is 0 Å². The predicted octanol–water partition coefficient (Wildman–Crippen LogP) is 1.26. The summed E-state index contributed by atoms with van der Waals surface area (Å²) in [7, 11) is -3.22. The summed E-state index contributed by atoms with van der Waals surface area (Å²) in [4.78, 5) is 35.0. The van der Waals surface area contributed by atoms with Gasteiger partial charge in [0.05, 0.1) is 7.11 Å². The number of carbonyl (C=O) groups is 1. The Morgan fingerprint density at radius 3 is 1.89 bits per heavy atom. The second kappa shape index (κ2) is 11.0. The third kappa shape index (κ3) is 13.4. The van der Waals surface area contributed by atoms with Gasteiger partial charge in [-0.25, -0.2) is 9.36 Å². The number of ether oxygens (including phenoxy) is 1. The third-order valence-corrected chi connectivity index (χ3v) is 2.13. The number of methoxy groups -OCH3 is 1. The molecule has 0 heterocycles. The number of phosphoric acid groups is 1. The smallest absolute Gasteiger partial charge is 0.464 e. The van der Waals surface area contributed by atoms with Gasteiger partial charge in [0.15, 0.2) is 0 Å². The Morgan fingerprint density at radius 1 is 1.21 bits per heavy atom. The van der Waals surface area contributed by atoms with Crippen molar-refractivity contribution in [3.8, 4) is 0 Å². The molecule has 0 saturated carbocycles. The van der Waals surface area contributed by atoms with Crippen LogP contribution in [0.2, 0.25) is 0 Å². The van der Waals surface area contributed by atoms with Crippen LogP contribution in [0.25, 0.3) is 0 Å². The number of rotatable bonds is 6. The standard InChI is InChI=1S/C11H21NO2.H3O4P/c1-5-8-9-10(11(13)14-4)12(6-2)7-3;1-5(2,3)4/h9H,5-8H2,1-4H3;(H3,1,2,3,4). The van der Waals surface area contributed by atoms with Gasteiger partial charge in [0.2, 0.25) is 0 Å². The molecule has 0 radical (unpaired) electrons. The molecule has 0 bridgehead atoms. The van der Waals surface area contributed by atoms with E-state index in [4.69, 9.17) is 24.0 Å². The fourth-order valence-corrected chi connectivity index (χ4v) is 1.29. The Kier molecular flexibility index (Phi) is 11.8. The molecule has 7 nitrogen and oxygen atoms in total. The quantitative estimate of drug-likeness (QED) is 0.385. The second-order valence-electron chi connectivity index (χ2n) is 3.56. The van der Waals surface area contributed by atoms with E-state index in [1.165, 1.54) is 7.11 Å². The number of esters is 1. The Bertz CT molecular complexity index is 313. The van der Waals surface area contributed by atoms with Gasteiger partial charge in [-0.2, -0.15) is 0 Å². The third-order valence-electron chi connectivity index (χ3n) is 2.13. The van der Waals surface area contributed by atoms with E-state index < -0.39 is 7.82 Å². The lowest BCUT2D eigenvalue weighted by molar-refractivity contribution is -0.137. The Morgan fingerprint density at radius 2 is 1.63 bits per heavy atom. The first kappa shape index (κ1) is 20.4. The summed E-state index contributed by atoms with van der Waals surface area (Å²) in [5.41, 5.74) is 0.694. The van der Waals surface area contributed by atoms with Gasteiger partial charge in [0, 0.05) is 13.1 Å². The van der Waals surface area contributed by atoms with Crippen molar-refractivity contribution in [1.29, 1.82) is 0 Å². The van der Waals surface area contributed by atoms with Crippen LogP contribution in [0.15, 0.2) is 11.8 Å². The fraction of sp³-hybridized carbons (Fsp3) is 0.727. The maximum Gasteiger partial charge on any atom is 0.466 e. The minimum Gasteiger partial charge on any atom is -0.464 e. The van der Waals surface area contributed by atoms with Gasteiger partial charge in [0.25, 0.3) is 0 Å². The molecule has 0 spiro atoms. The summed E-state index contributed by atoms with van der Waals surface area (Å²) in [5, 5.41) is 0. The molecule has 0 rings (SSSR count). The monoisotopic (exact) mass is 297 g/mol. The summed E-state index contributed by atoms with van der Waals surface area (Å²) in [5.74, 6) is -0.234. The van der Waals surface area contributed by atoms with Crippen molar-refractivity contribution in [2.75, 3.05) is 20.2 Å². The van der Waals surface area contributed by atoms with Crippen molar-refractivity contribution in [2.45, 2.75) is 33.6 Å². The maximum absolute atomic E-state index is 11.4. The highest BCUT2D eigenvalue weighted by Gasteiger charge is 2.14. The molecule has 3 N–H and O–H groups in total. The van der Waals surface area contributed by atoms with Crippen molar-refractivity contribution < 1.29 is 28.8 Å². The zero-order chi connectivity index (χ0) is 15.5. The van der Waals surface area contributed by atoms with Crippen LogP contribution in [0, 0.1) is 0 Å². The molecule has 114 valence electrons. The van der Waals surface area contributed by atoms with Crippen LogP contribution < -0.4 is 0 Å². The van der Waals surface area contributed by atoms with E-state index in [0.29, 0.717) is 5.70 Å². The molecule has 0 aromatic rings. The molecule has 8 heteroatoms. The Labute approximate surface area is 114 Å². The van der Waals surface area contributed by atoms with Gasteiger partial charge >= 0.3 is 13.8 Å². The topological polar surface area (TPSA) is 107 Å². The van der Waals surface area contributed by atoms with Crippen molar-refractivity contribution in [3.63, 3.8) is 0 Å². The number of hydrogen-bond acceptors (Lipinski definition) is 4. The van der Waals surface area contributed by atoms with Crippen molar-refractivity contribution in [1.82, 2.24) is 4.90 Å². The van der Waals surface area contributed by atoms with Crippen LogP contribution >= 0.6 is 7.82 Å². The summed E-state index contributed by atoms with van der Waals surface area (Å²) in [6, 6.07) is 0. The van der Waals surface area contributed by atoms with Crippen molar-refractivity contribution >= 4 is 13.8 Å². The van der Waals surface area contributed by atoms with E-state index in [2.05, 4.69) is 6.92 Å². The van der Waals surface area contributed by atoms with Gasteiger partial charge in [-0.1, -0.05) is 19.4 Å². The number of allylic oxidation sites excluding steroid dienone is 1. The zero-order valence-corrected chi connectivity index (χ0v) is 12.8. The number of unbranched alkanes of at least 4 members (excludes halogenated alkanes) is 1. The minimum atomic E-state index is -4.64. The van der Waals surface area contributed by atoms with E-state index in [-0.39, 0.29) is 5.97 Å². The first-order valence-corrected chi connectivity index (χ1v) is 7.59. The lowest BCUT2D eigenvalue weighted by Crippen LogP contribution is -2.28. The molecule has 0 aliphatic carbocycles. The normalized spacial score (nSPS) is 11.4. The number of likely N-dealkylation sites (N-methyl/N-ethyl adjacent to an activating group) is 1. The van der Waals surface area contributed by atoms with Crippen molar-refractivity contribution in [2.24, 2.45) is 0 Å². The molecule has 0 aliphatic rings. The zero-order valence-electron chi connectivity index (χ0n) is 11.9. The molecule has 0 amide bonds.